The number of benzene rings is 1. The van der Waals surface area contributed by atoms with E-state index in [1.54, 1.807) is 11.3 Å². The molecule has 1 aliphatic heterocycles. The van der Waals surface area contributed by atoms with Crippen molar-refractivity contribution in [2.75, 3.05) is 6.54 Å². The number of para-hydroxylation sites is 1. The molecule has 2 heterocycles. The van der Waals surface area contributed by atoms with Gasteiger partial charge in [-0.05, 0) is 33.3 Å². The molecule has 27 heavy (non-hydrogen) atoms. The molecule has 148 valence electrons. The maximum Gasteiger partial charge on any atom is 0.192 e. The Kier molecular flexibility index (Phi) is 7.91. The predicted octanol–water partition coefficient (Wildman–Crippen LogP) is 4.68. The van der Waals surface area contributed by atoms with Crippen LogP contribution < -0.4 is 15.4 Å². The summed E-state index contributed by atoms with van der Waals surface area (Å²) in [6.45, 7) is 9.90. The van der Waals surface area contributed by atoms with Gasteiger partial charge in [-0.3, -0.25) is 0 Å². The average Bonchev–Trinajstić information content (AvgIpc) is 3.07. The van der Waals surface area contributed by atoms with Crippen LogP contribution >= 0.6 is 35.3 Å². The van der Waals surface area contributed by atoms with Crippen LogP contribution in [-0.2, 0) is 13.0 Å². The standard InChI is InChI=1S/C20H28N4OS.HI/c1-5-14-12-22-18(26-14)13-23-19(21-6-2)24-16-11-20(3,4)25-17-10-8-7-9-15(16)17;/h7-10,12,16H,5-6,11,13H2,1-4H3,(H2,21,23,24);1H. The molecule has 0 saturated heterocycles. The van der Waals surface area contributed by atoms with Gasteiger partial charge < -0.3 is 15.4 Å². The summed E-state index contributed by atoms with van der Waals surface area (Å²) in [6, 6.07) is 8.40. The lowest BCUT2D eigenvalue weighted by atomic mass is 9.90. The highest BCUT2D eigenvalue weighted by molar-refractivity contribution is 14.0. The molecule has 0 bridgehead atoms. The second-order valence-electron chi connectivity index (χ2n) is 7.07. The normalized spacial score (nSPS) is 18.1. The van der Waals surface area contributed by atoms with Gasteiger partial charge >= 0.3 is 0 Å². The molecule has 0 spiro atoms. The van der Waals surface area contributed by atoms with Crippen molar-refractivity contribution in [1.29, 1.82) is 0 Å². The zero-order chi connectivity index (χ0) is 18.6. The highest BCUT2D eigenvalue weighted by atomic mass is 127. The number of guanidine groups is 1. The van der Waals surface area contributed by atoms with Crippen molar-refractivity contribution in [2.24, 2.45) is 4.99 Å². The van der Waals surface area contributed by atoms with E-state index in [9.17, 15) is 0 Å². The van der Waals surface area contributed by atoms with Crippen LogP contribution in [-0.4, -0.2) is 23.1 Å². The van der Waals surface area contributed by atoms with Gasteiger partial charge in [0.2, 0.25) is 0 Å². The summed E-state index contributed by atoms with van der Waals surface area (Å²) in [4.78, 5) is 10.5. The third kappa shape index (κ3) is 5.81. The first-order chi connectivity index (χ1) is 12.5. The minimum absolute atomic E-state index is 0. The number of fused-ring (bicyclic) bond motifs is 1. The lowest BCUT2D eigenvalue weighted by Gasteiger charge is -2.38. The van der Waals surface area contributed by atoms with Gasteiger partial charge in [0, 0.05) is 29.6 Å². The topological polar surface area (TPSA) is 58.5 Å². The van der Waals surface area contributed by atoms with Gasteiger partial charge in [0.15, 0.2) is 5.96 Å². The Balaban J connectivity index is 0.00000261. The molecule has 3 rings (SSSR count). The number of rotatable bonds is 5. The predicted molar refractivity (Wildman–Crippen MR) is 123 cm³/mol. The molecule has 2 N–H and O–H groups in total. The molecule has 1 aromatic heterocycles. The van der Waals surface area contributed by atoms with Crippen LogP contribution in [0.15, 0.2) is 35.5 Å². The van der Waals surface area contributed by atoms with Crippen molar-refractivity contribution in [1.82, 2.24) is 15.6 Å². The maximum absolute atomic E-state index is 6.13. The van der Waals surface area contributed by atoms with Crippen molar-refractivity contribution in [2.45, 2.75) is 58.7 Å². The summed E-state index contributed by atoms with van der Waals surface area (Å²) in [7, 11) is 0. The number of thiazole rings is 1. The molecule has 0 amide bonds. The van der Waals surface area contributed by atoms with Crippen molar-refractivity contribution in [3.05, 3.63) is 45.9 Å². The minimum atomic E-state index is -0.214. The fourth-order valence-electron chi connectivity index (χ4n) is 3.15. The second-order valence-corrected chi connectivity index (χ2v) is 8.27. The number of halogens is 1. The highest BCUT2D eigenvalue weighted by Gasteiger charge is 2.33. The highest BCUT2D eigenvalue weighted by Crippen LogP contribution is 2.39. The van der Waals surface area contributed by atoms with Crippen molar-refractivity contribution < 1.29 is 4.74 Å². The average molecular weight is 500 g/mol. The van der Waals surface area contributed by atoms with E-state index in [0.717, 1.165) is 36.1 Å². The molecule has 1 atom stereocenters. The van der Waals surface area contributed by atoms with E-state index in [2.05, 4.69) is 55.4 Å². The summed E-state index contributed by atoms with van der Waals surface area (Å²) in [6.07, 6.45) is 3.85. The molecule has 0 aliphatic carbocycles. The van der Waals surface area contributed by atoms with Gasteiger partial charge in [0.1, 0.15) is 16.4 Å². The lowest BCUT2D eigenvalue weighted by molar-refractivity contribution is 0.0694. The molecule has 7 heteroatoms. The number of aliphatic imine (C=N–C) groups is 1. The number of nitrogens with one attached hydrogen (secondary N) is 2. The molecular weight excluding hydrogens is 471 g/mol. The van der Waals surface area contributed by atoms with Gasteiger partial charge in [-0.1, -0.05) is 25.1 Å². The Morgan fingerprint density at radius 1 is 1.33 bits per heavy atom. The van der Waals surface area contributed by atoms with Crippen LogP contribution in [0.3, 0.4) is 0 Å². The number of aryl methyl sites for hydroxylation is 1. The van der Waals surface area contributed by atoms with Crippen molar-refractivity contribution >= 4 is 41.3 Å². The summed E-state index contributed by atoms with van der Waals surface area (Å²) in [5.74, 6) is 1.77. The Bertz CT molecular complexity index is 775. The van der Waals surface area contributed by atoms with E-state index in [-0.39, 0.29) is 35.6 Å². The Morgan fingerprint density at radius 2 is 2.11 bits per heavy atom. The molecule has 1 aliphatic rings. The van der Waals surface area contributed by atoms with E-state index < -0.39 is 0 Å². The Hall–Kier alpha value is -1.35. The summed E-state index contributed by atoms with van der Waals surface area (Å²) in [5, 5.41) is 8.00. The quantitative estimate of drug-likeness (QED) is 0.356. The molecule has 0 radical (unpaired) electrons. The van der Waals surface area contributed by atoms with Crippen LogP contribution in [0.4, 0.5) is 0 Å². The van der Waals surface area contributed by atoms with Crippen molar-refractivity contribution in [3.8, 4) is 5.75 Å². The molecule has 1 aromatic carbocycles. The summed E-state index contributed by atoms with van der Waals surface area (Å²) in [5.41, 5.74) is 0.967. The van der Waals surface area contributed by atoms with E-state index >= 15 is 0 Å². The number of nitrogens with zero attached hydrogens (tertiary/aromatic N) is 2. The monoisotopic (exact) mass is 500 g/mol. The number of aromatic nitrogens is 1. The van der Waals surface area contributed by atoms with Crippen LogP contribution in [0.5, 0.6) is 5.75 Å². The number of ether oxygens (including phenoxy) is 1. The van der Waals surface area contributed by atoms with Crippen LogP contribution in [0.2, 0.25) is 0 Å². The smallest absolute Gasteiger partial charge is 0.192 e. The number of hydrogen-bond acceptors (Lipinski definition) is 4. The van der Waals surface area contributed by atoms with Gasteiger partial charge in [0.05, 0.1) is 12.6 Å². The molecule has 0 saturated carbocycles. The summed E-state index contributed by atoms with van der Waals surface area (Å²) < 4.78 is 6.13. The van der Waals surface area contributed by atoms with Gasteiger partial charge in [-0.2, -0.15) is 0 Å². The van der Waals surface area contributed by atoms with Crippen molar-refractivity contribution in [3.63, 3.8) is 0 Å². The molecule has 2 aromatic rings. The zero-order valence-electron chi connectivity index (χ0n) is 16.4. The number of hydrogen-bond donors (Lipinski definition) is 2. The maximum atomic E-state index is 6.13. The zero-order valence-corrected chi connectivity index (χ0v) is 19.6. The Labute approximate surface area is 183 Å². The third-order valence-corrected chi connectivity index (χ3v) is 5.48. The van der Waals surface area contributed by atoms with E-state index in [0.29, 0.717) is 6.54 Å². The minimum Gasteiger partial charge on any atom is -0.487 e. The van der Waals surface area contributed by atoms with Crippen LogP contribution in [0.25, 0.3) is 0 Å². The fourth-order valence-corrected chi connectivity index (χ4v) is 3.93. The van der Waals surface area contributed by atoms with Gasteiger partial charge in [0.25, 0.3) is 0 Å². The summed E-state index contributed by atoms with van der Waals surface area (Å²) >= 11 is 1.73. The Morgan fingerprint density at radius 3 is 2.81 bits per heavy atom. The van der Waals surface area contributed by atoms with E-state index in [1.165, 1.54) is 10.4 Å². The molecule has 1 unspecified atom stereocenters. The first kappa shape index (κ1) is 21.9. The lowest BCUT2D eigenvalue weighted by Crippen LogP contribution is -2.45. The van der Waals surface area contributed by atoms with Gasteiger partial charge in [-0.15, -0.1) is 35.3 Å². The van der Waals surface area contributed by atoms with E-state index in [1.807, 2.05) is 18.3 Å². The first-order valence-corrected chi connectivity index (χ1v) is 10.1. The molecular formula is C20H29IN4OS. The third-order valence-electron chi connectivity index (χ3n) is 4.35. The first-order valence-electron chi connectivity index (χ1n) is 9.27. The largest absolute Gasteiger partial charge is 0.487 e. The van der Waals surface area contributed by atoms with Gasteiger partial charge in [-0.25, -0.2) is 9.98 Å². The molecule has 0 fully saturated rings. The van der Waals surface area contributed by atoms with Crippen LogP contribution in [0, 0.1) is 0 Å². The van der Waals surface area contributed by atoms with Crippen LogP contribution in [0.1, 0.15) is 55.6 Å². The SMILES string of the molecule is CCNC(=NCc1ncc(CC)s1)NC1CC(C)(C)Oc2ccccc21.I. The second kappa shape index (κ2) is 9.73. The van der Waals surface area contributed by atoms with E-state index in [4.69, 9.17) is 9.73 Å². The molecule has 5 nitrogen and oxygen atoms in total. The fraction of sp³-hybridized carbons (Fsp3) is 0.500.